The summed E-state index contributed by atoms with van der Waals surface area (Å²) in [4.78, 5) is 9.00. The molecule has 2 aromatic carbocycles. The van der Waals surface area contributed by atoms with Gasteiger partial charge in [0.25, 0.3) is 0 Å². The Morgan fingerprint density at radius 1 is 0.875 bits per heavy atom. The van der Waals surface area contributed by atoms with Gasteiger partial charge in [-0.3, -0.25) is 0 Å². The summed E-state index contributed by atoms with van der Waals surface area (Å²) in [6.45, 7) is 4.89. The lowest BCUT2D eigenvalue weighted by Crippen LogP contribution is -2.08. The van der Waals surface area contributed by atoms with E-state index in [-0.39, 0.29) is 0 Å². The standard InChI is InChI=1S/C20H22N4/c1-15-8-10-18(11-9-15)23-20-22-16(2)14-19(24-20)21-13-12-17-6-4-3-5-7-17/h3-11,14H,12-13H2,1-2H3,(H2,21,22,23,24). The Morgan fingerprint density at radius 2 is 1.62 bits per heavy atom. The van der Waals surface area contributed by atoms with Gasteiger partial charge in [-0.15, -0.1) is 0 Å². The quantitative estimate of drug-likeness (QED) is 0.703. The summed E-state index contributed by atoms with van der Waals surface area (Å²) >= 11 is 0. The van der Waals surface area contributed by atoms with E-state index >= 15 is 0 Å². The molecule has 0 aliphatic heterocycles. The van der Waals surface area contributed by atoms with Crippen LogP contribution in [0.25, 0.3) is 0 Å². The molecule has 0 aliphatic rings. The fourth-order valence-electron chi connectivity index (χ4n) is 2.46. The van der Waals surface area contributed by atoms with Gasteiger partial charge in [-0.05, 0) is 38.0 Å². The molecule has 0 saturated heterocycles. The predicted octanol–water partition coefficient (Wildman–Crippen LogP) is 4.49. The summed E-state index contributed by atoms with van der Waals surface area (Å²) in [5.74, 6) is 1.45. The van der Waals surface area contributed by atoms with Crippen LogP contribution < -0.4 is 10.6 Å². The zero-order chi connectivity index (χ0) is 16.8. The van der Waals surface area contributed by atoms with Gasteiger partial charge in [0.05, 0.1) is 0 Å². The maximum atomic E-state index is 4.55. The van der Waals surface area contributed by atoms with Gasteiger partial charge in [0.1, 0.15) is 5.82 Å². The van der Waals surface area contributed by atoms with Crippen LogP contribution in [-0.2, 0) is 6.42 Å². The number of nitrogens with one attached hydrogen (secondary N) is 2. The van der Waals surface area contributed by atoms with Crippen molar-refractivity contribution in [2.24, 2.45) is 0 Å². The van der Waals surface area contributed by atoms with Gasteiger partial charge in [-0.1, -0.05) is 48.0 Å². The highest BCUT2D eigenvalue weighted by molar-refractivity contribution is 5.55. The van der Waals surface area contributed by atoms with E-state index in [1.165, 1.54) is 11.1 Å². The summed E-state index contributed by atoms with van der Waals surface area (Å²) < 4.78 is 0. The maximum absolute atomic E-state index is 4.55. The number of hydrogen-bond acceptors (Lipinski definition) is 4. The van der Waals surface area contributed by atoms with Gasteiger partial charge in [0.15, 0.2) is 0 Å². The van der Waals surface area contributed by atoms with Crippen molar-refractivity contribution in [3.63, 3.8) is 0 Å². The fourth-order valence-corrected chi connectivity index (χ4v) is 2.46. The van der Waals surface area contributed by atoms with Crippen molar-refractivity contribution >= 4 is 17.5 Å². The van der Waals surface area contributed by atoms with Crippen molar-refractivity contribution in [2.75, 3.05) is 17.2 Å². The molecule has 0 unspecified atom stereocenters. The number of rotatable bonds is 6. The molecule has 0 spiro atoms. The molecule has 3 rings (SSSR count). The molecule has 0 radical (unpaired) electrons. The van der Waals surface area contributed by atoms with Crippen molar-refractivity contribution in [3.05, 3.63) is 77.5 Å². The second kappa shape index (κ2) is 7.59. The van der Waals surface area contributed by atoms with Gasteiger partial charge >= 0.3 is 0 Å². The lowest BCUT2D eigenvalue weighted by atomic mass is 10.1. The molecule has 3 aromatic rings. The first-order chi connectivity index (χ1) is 11.7. The Hall–Kier alpha value is -2.88. The topological polar surface area (TPSA) is 49.8 Å². The lowest BCUT2D eigenvalue weighted by molar-refractivity contribution is 0.995. The second-order valence-corrected chi connectivity index (χ2v) is 5.87. The van der Waals surface area contributed by atoms with E-state index in [9.17, 15) is 0 Å². The third-order valence-electron chi connectivity index (χ3n) is 3.72. The van der Waals surface area contributed by atoms with E-state index in [1.54, 1.807) is 0 Å². The van der Waals surface area contributed by atoms with Crippen molar-refractivity contribution in [3.8, 4) is 0 Å². The third kappa shape index (κ3) is 4.56. The molecular weight excluding hydrogens is 296 g/mol. The smallest absolute Gasteiger partial charge is 0.229 e. The van der Waals surface area contributed by atoms with Gasteiger partial charge in [0, 0.05) is 24.0 Å². The van der Waals surface area contributed by atoms with Crippen LogP contribution in [0.5, 0.6) is 0 Å². The molecule has 1 heterocycles. The molecule has 0 atom stereocenters. The Bertz CT molecular complexity index is 782. The summed E-state index contributed by atoms with van der Waals surface area (Å²) in [5, 5.41) is 6.64. The minimum absolute atomic E-state index is 0.612. The van der Waals surface area contributed by atoms with Crippen molar-refractivity contribution in [1.29, 1.82) is 0 Å². The van der Waals surface area contributed by atoms with Crippen LogP contribution in [0.1, 0.15) is 16.8 Å². The first-order valence-electron chi connectivity index (χ1n) is 8.16. The lowest BCUT2D eigenvalue weighted by Gasteiger charge is -2.10. The molecule has 0 saturated carbocycles. The van der Waals surface area contributed by atoms with Crippen LogP contribution in [0.3, 0.4) is 0 Å². The normalized spacial score (nSPS) is 10.4. The van der Waals surface area contributed by atoms with Gasteiger partial charge in [-0.2, -0.15) is 4.98 Å². The Labute approximate surface area is 143 Å². The highest BCUT2D eigenvalue weighted by Gasteiger charge is 2.03. The Balaban J connectivity index is 1.64. The fraction of sp³-hybridized carbons (Fsp3) is 0.200. The summed E-state index contributed by atoms with van der Waals surface area (Å²) in [6, 6.07) is 20.6. The van der Waals surface area contributed by atoms with Crippen LogP contribution in [-0.4, -0.2) is 16.5 Å². The van der Waals surface area contributed by atoms with Crippen molar-refractivity contribution in [2.45, 2.75) is 20.3 Å². The molecule has 4 nitrogen and oxygen atoms in total. The maximum Gasteiger partial charge on any atom is 0.229 e. The second-order valence-electron chi connectivity index (χ2n) is 5.87. The molecule has 2 N–H and O–H groups in total. The Kier molecular flexibility index (Phi) is 5.06. The van der Waals surface area contributed by atoms with Crippen molar-refractivity contribution in [1.82, 2.24) is 9.97 Å². The van der Waals surface area contributed by atoms with Crippen LogP contribution in [0.4, 0.5) is 17.5 Å². The highest BCUT2D eigenvalue weighted by atomic mass is 15.1. The van der Waals surface area contributed by atoms with E-state index in [2.05, 4.69) is 63.9 Å². The summed E-state index contributed by atoms with van der Waals surface area (Å²) in [7, 11) is 0. The predicted molar refractivity (Wildman–Crippen MR) is 99.9 cm³/mol. The van der Waals surface area contributed by atoms with Gasteiger partial charge in [-0.25, -0.2) is 4.98 Å². The molecule has 24 heavy (non-hydrogen) atoms. The van der Waals surface area contributed by atoms with E-state index in [4.69, 9.17) is 0 Å². The van der Waals surface area contributed by atoms with Crippen LogP contribution in [0.2, 0.25) is 0 Å². The largest absolute Gasteiger partial charge is 0.370 e. The van der Waals surface area contributed by atoms with Crippen LogP contribution in [0, 0.1) is 13.8 Å². The van der Waals surface area contributed by atoms with E-state index in [0.717, 1.165) is 30.2 Å². The molecule has 0 aliphatic carbocycles. The molecule has 0 amide bonds. The monoisotopic (exact) mass is 318 g/mol. The molecule has 4 heteroatoms. The summed E-state index contributed by atoms with van der Waals surface area (Å²) in [5.41, 5.74) is 4.46. The molecule has 122 valence electrons. The minimum atomic E-state index is 0.612. The number of aryl methyl sites for hydroxylation is 2. The number of anilines is 3. The zero-order valence-corrected chi connectivity index (χ0v) is 14.1. The average Bonchev–Trinajstić information content (AvgIpc) is 2.57. The first-order valence-corrected chi connectivity index (χ1v) is 8.16. The SMILES string of the molecule is Cc1ccc(Nc2nc(C)cc(NCCc3ccccc3)n2)cc1. The van der Waals surface area contributed by atoms with E-state index in [1.807, 2.05) is 31.2 Å². The van der Waals surface area contributed by atoms with Crippen LogP contribution >= 0.6 is 0 Å². The van der Waals surface area contributed by atoms with E-state index < -0.39 is 0 Å². The van der Waals surface area contributed by atoms with Gasteiger partial charge < -0.3 is 10.6 Å². The van der Waals surface area contributed by atoms with Crippen LogP contribution in [0.15, 0.2) is 60.7 Å². The average molecular weight is 318 g/mol. The van der Waals surface area contributed by atoms with E-state index in [0.29, 0.717) is 5.95 Å². The zero-order valence-electron chi connectivity index (χ0n) is 14.1. The third-order valence-corrected chi connectivity index (χ3v) is 3.72. The van der Waals surface area contributed by atoms with Gasteiger partial charge in [0.2, 0.25) is 5.95 Å². The summed E-state index contributed by atoms with van der Waals surface area (Å²) in [6.07, 6.45) is 0.963. The molecular formula is C20H22N4. The number of nitrogens with zero attached hydrogens (tertiary/aromatic N) is 2. The molecule has 0 bridgehead atoms. The molecule has 0 fully saturated rings. The first kappa shape index (κ1) is 16.0. The minimum Gasteiger partial charge on any atom is -0.370 e. The van der Waals surface area contributed by atoms with Crippen molar-refractivity contribution < 1.29 is 0 Å². The number of hydrogen-bond donors (Lipinski definition) is 2. The number of aromatic nitrogens is 2. The molecule has 1 aromatic heterocycles. The number of benzene rings is 2. The highest BCUT2D eigenvalue weighted by Crippen LogP contribution is 2.16. The Morgan fingerprint density at radius 3 is 2.38 bits per heavy atom.